The van der Waals surface area contributed by atoms with E-state index in [1.165, 1.54) is 17.0 Å². The predicted molar refractivity (Wildman–Crippen MR) is 74.4 cm³/mol. The van der Waals surface area contributed by atoms with Gasteiger partial charge in [-0.05, 0) is 32.0 Å². The van der Waals surface area contributed by atoms with Gasteiger partial charge in [-0.1, -0.05) is 12.2 Å². The summed E-state index contributed by atoms with van der Waals surface area (Å²) < 4.78 is 13.7. The molecule has 0 spiro atoms. The number of halogens is 1. The monoisotopic (exact) mass is 280 g/mol. The molecule has 108 valence electrons. The second kappa shape index (κ2) is 6.70. The minimum atomic E-state index is -1.22. The van der Waals surface area contributed by atoms with Crippen molar-refractivity contribution in [1.29, 1.82) is 0 Å². The van der Waals surface area contributed by atoms with Crippen LogP contribution in [0, 0.1) is 5.82 Å². The molecule has 2 amide bonds. The molecule has 0 bridgehead atoms. The molecule has 5 nitrogen and oxygen atoms in total. The number of carbonyl (C=O) groups excluding carboxylic acids is 1. The molecule has 20 heavy (non-hydrogen) atoms. The lowest BCUT2D eigenvalue weighted by Gasteiger charge is -2.21. The lowest BCUT2D eigenvalue weighted by atomic mass is 10.2. The predicted octanol–water partition coefficient (Wildman–Crippen LogP) is 2.95. The molecule has 0 unspecified atom stereocenters. The van der Waals surface area contributed by atoms with E-state index in [1.807, 2.05) is 0 Å². The smallest absolute Gasteiger partial charge is 0.335 e. The number of nitrogens with one attached hydrogen (secondary N) is 1. The maximum Gasteiger partial charge on any atom is 0.335 e. The van der Waals surface area contributed by atoms with Crippen molar-refractivity contribution < 1.29 is 19.1 Å². The summed E-state index contributed by atoms with van der Waals surface area (Å²) in [5.74, 6) is -2.01. The molecule has 2 N–H and O–H groups in total. The standard InChI is InChI=1S/C14H17FN2O3/c1-4-17(8-9(2)3)14(20)16-12-6-5-10(13(18)19)7-11(12)15/h5-7H,2,4,8H2,1,3H3,(H,16,20)(H,18,19). The number of likely N-dealkylation sites (N-methyl/N-ethyl adjacent to an activating group) is 1. The van der Waals surface area contributed by atoms with Crippen LogP contribution in [-0.4, -0.2) is 35.1 Å². The van der Waals surface area contributed by atoms with Gasteiger partial charge in [-0.15, -0.1) is 0 Å². The van der Waals surface area contributed by atoms with Crippen LogP contribution in [0.25, 0.3) is 0 Å². The Bertz CT molecular complexity index is 543. The normalized spacial score (nSPS) is 9.95. The largest absolute Gasteiger partial charge is 0.478 e. The van der Waals surface area contributed by atoms with E-state index in [0.29, 0.717) is 13.1 Å². The van der Waals surface area contributed by atoms with Gasteiger partial charge in [0, 0.05) is 13.1 Å². The Morgan fingerprint density at radius 1 is 1.45 bits per heavy atom. The first-order valence-electron chi connectivity index (χ1n) is 6.08. The Hall–Kier alpha value is -2.37. The van der Waals surface area contributed by atoms with Crippen molar-refractivity contribution in [2.24, 2.45) is 0 Å². The van der Waals surface area contributed by atoms with Crippen molar-refractivity contribution in [1.82, 2.24) is 4.90 Å². The lowest BCUT2D eigenvalue weighted by Crippen LogP contribution is -2.36. The molecule has 0 saturated heterocycles. The van der Waals surface area contributed by atoms with Crippen LogP contribution in [0.1, 0.15) is 24.2 Å². The van der Waals surface area contributed by atoms with Gasteiger partial charge in [0.15, 0.2) is 0 Å². The highest BCUT2D eigenvalue weighted by molar-refractivity contribution is 5.91. The maximum atomic E-state index is 13.7. The summed E-state index contributed by atoms with van der Waals surface area (Å²) in [6, 6.07) is 2.87. The number of carboxylic acids is 1. The summed E-state index contributed by atoms with van der Waals surface area (Å²) in [5, 5.41) is 11.1. The summed E-state index contributed by atoms with van der Waals surface area (Å²) in [5.41, 5.74) is 0.582. The number of urea groups is 1. The average Bonchev–Trinajstić information content (AvgIpc) is 2.37. The van der Waals surface area contributed by atoms with Crippen molar-refractivity contribution >= 4 is 17.7 Å². The fraction of sp³-hybridized carbons (Fsp3) is 0.286. The van der Waals surface area contributed by atoms with Gasteiger partial charge in [-0.3, -0.25) is 0 Å². The molecule has 1 aromatic rings. The SMILES string of the molecule is C=C(C)CN(CC)C(=O)Nc1ccc(C(=O)O)cc1F. The van der Waals surface area contributed by atoms with E-state index in [-0.39, 0.29) is 11.3 Å². The van der Waals surface area contributed by atoms with Crippen molar-refractivity contribution in [2.45, 2.75) is 13.8 Å². The summed E-state index contributed by atoms with van der Waals surface area (Å²) in [7, 11) is 0. The zero-order valence-electron chi connectivity index (χ0n) is 11.4. The molecule has 0 aromatic heterocycles. The first-order chi connectivity index (χ1) is 9.35. The van der Waals surface area contributed by atoms with E-state index in [4.69, 9.17) is 5.11 Å². The number of aromatic carboxylic acids is 1. The fourth-order valence-electron chi connectivity index (χ4n) is 1.60. The molecule has 0 aliphatic carbocycles. The van der Waals surface area contributed by atoms with Crippen LogP contribution in [0.15, 0.2) is 30.4 Å². The van der Waals surface area contributed by atoms with Crippen LogP contribution in [-0.2, 0) is 0 Å². The van der Waals surface area contributed by atoms with E-state index in [1.54, 1.807) is 13.8 Å². The second-order valence-electron chi connectivity index (χ2n) is 4.40. The van der Waals surface area contributed by atoms with E-state index >= 15 is 0 Å². The summed E-state index contributed by atoms with van der Waals surface area (Å²) in [6.45, 7) is 8.13. The molecular formula is C14H17FN2O3. The molecule has 0 aliphatic heterocycles. The average molecular weight is 280 g/mol. The van der Waals surface area contributed by atoms with E-state index in [9.17, 15) is 14.0 Å². The summed E-state index contributed by atoms with van der Waals surface area (Å²) in [4.78, 5) is 24.1. The third-order valence-corrected chi connectivity index (χ3v) is 2.59. The van der Waals surface area contributed by atoms with Crippen LogP contribution >= 0.6 is 0 Å². The number of nitrogens with zero attached hydrogens (tertiary/aromatic N) is 1. The molecular weight excluding hydrogens is 263 g/mol. The first-order valence-corrected chi connectivity index (χ1v) is 6.08. The maximum absolute atomic E-state index is 13.7. The van der Waals surface area contributed by atoms with E-state index in [0.717, 1.165) is 11.6 Å². The molecule has 1 aromatic carbocycles. The number of amides is 2. The van der Waals surface area contributed by atoms with Crippen LogP contribution < -0.4 is 5.32 Å². The summed E-state index contributed by atoms with van der Waals surface area (Å²) in [6.07, 6.45) is 0. The zero-order valence-corrected chi connectivity index (χ0v) is 11.4. The third kappa shape index (κ3) is 4.08. The highest BCUT2D eigenvalue weighted by atomic mass is 19.1. The number of rotatable bonds is 5. The Labute approximate surface area is 116 Å². The highest BCUT2D eigenvalue weighted by Gasteiger charge is 2.15. The summed E-state index contributed by atoms with van der Waals surface area (Å²) >= 11 is 0. The Morgan fingerprint density at radius 3 is 2.55 bits per heavy atom. The second-order valence-corrected chi connectivity index (χ2v) is 4.40. The van der Waals surface area contributed by atoms with Crippen molar-refractivity contribution in [3.8, 4) is 0 Å². The minimum Gasteiger partial charge on any atom is -0.478 e. The van der Waals surface area contributed by atoms with Crippen LogP contribution in [0.4, 0.5) is 14.9 Å². The van der Waals surface area contributed by atoms with Crippen LogP contribution in [0.3, 0.4) is 0 Å². The number of carboxylic acid groups (broad SMARTS) is 1. The van der Waals surface area contributed by atoms with Crippen molar-refractivity contribution in [2.75, 3.05) is 18.4 Å². The number of benzene rings is 1. The molecule has 6 heteroatoms. The molecule has 0 aliphatic rings. The van der Waals surface area contributed by atoms with Gasteiger partial charge >= 0.3 is 12.0 Å². The van der Waals surface area contributed by atoms with Crippen LogP contribution in [0.5, 0.6) is 0 Å². The number of anilines is 1. The lowest BCUT2D eigenvalue weighted by molar-refractivity contribution is 0.0696. The molecule has 0 fully saturated rings. The Balaban J connectivity index is 2.84. The van der Waals surface area contributed by atoms with Gasteiger partial charge < -0.3 is 15.3 Å². The first kappa shape index (κ1) is 15.7. The van der Waals surface area contributed by atoms with E-state index < -0.39 is 17.8 Å². The number of carbonyl (C=O) groups is 2. The van der Waals surface area contributed by atoms with E-state index in [2.05, 4.69) is 11.9 Å². The Morgan fingerprint density at radius 2 is 2.10 bits per heavy atom. The fourth-order valence-corrected chi connectivity index (χ4v) is 1.60. The van der Waals surface area contributed by atoms with Gasteiger partial charge in [0.05, 0.1) is 11.3 Å². The molecule has 0 atom stereocenters. The molecule has 0 radical (unpaired) electrons. The van der Waals surface area contributed by atoms with Crippen molar-refractivity contribution in [3.05, 3.63) is 41.7 Å². The van der Waals surface area contributed by atoms with Crippen molar-refractivity contribution in [3.63, 3.8) is 0 Å². The molecule has 0 saturated carbocycles. The third-order valence-electron chi connectivity index (χ3n) is 2.59. The highest BCUT2D eigenvalue weighted by Crippen LogP contribution is 2.16. The topological polar surface area (TPSA) is 69.6 Å². The molecule has 1 rings (SSSR count). The Kier molecular flexibility index (Phi) is 5.25. The van der Waals surface area contributed by atoms with Crippen LogP contribution in [0.2, 0.25) is 0 Å². The molecule has 0 heterocycles. The number of hydrogen-bond donors (Lipinski definition) is 2. The zero-order chi connectivity index (χ0) is 15.3. The number of hydrogen-bond acceptors (Lipinski definition) is 2. The minimum absolute atomic E-state index is 0.0554. The van der Waals surface area contributed by atoms with Gasteiger partial charge in [0.25, 0.3) is 0 Å². The van der Waals surface area contributed by atoms with Gasteiger partial charge in [-0.2, -0.15) is 0 Å². The van der Waals surface area contributed by atoms with Gasteiger partial charge in [0.1, 0.15) is 5.82 Å². The van der Waals surface area contributed by atoms with Gasteiger partial charge in [0.2, 0.25) is 0 Å². The van der Waals surface area contributed by atoms with Gasteiger partial charge in [-0.25, -0.2) is 14.0 Å². The quantitative estimate of drug-likeness (QED) is 0.815.